The number of benzene rings is 1. The average Bonchev–Trinajstić information content (AvgIpc) is 3.01. The molecule has 3 rings (SSSR count). The van der Waals surface area contributed by atoms with Gasteiger partial charge in [-0.2, -0.15) is 8.75 Å². The molecule has 0 bridgehead atoms. The highest BCUT2D eigenvalue weighted by Crippen LogP contribution is 2.27. The topological polar surface area (TPSA) is 55.3 Å². The SMILES string of the molecule is C[C@@H]1CO[C@H](c2cccc(Cl)c2)CN1C(=O)c1cnsn1. The number of carbonyl (C=O) groups excluding carboxylic acids is 1. The zero-order chi connectivity index (χ0) is 14.8. The molecule has 1 aliphatic rings. The first kappa shape index (κ1) is 14.4. The van der Waals surface area contributed by atoms with Crippen LogP contribution in [0.4, 0.5) is 0 Å². The van der Waals surface area contributed by atoms with E-state index in [9.17, 15) is 4.79 Å². The number of rotatable bonds is 2. The van der Waals surface area contributed by atoms with Crippen LogP contribution in [0.2, 0.25) is 5.02 Å². The van der Waals surface area contributed by atoms with Gasteiger partial charge in [0.05, 0.1) is 37.1 Å². The maximum Gasteiger partial charge on any atom is 0.275 e. The van der Waals surface area contributed by atoms with Crippen LogP contribution in [0.1, 0.15) is 29.1 Å². The Bertz CT molecular complexity index is 635. The molecule has 0 spiro atoms. The number of carbonyl (C=O) groups is 1. The van der Waals surface area contributed by atoms with Crippen molar-refractivity contribution in [2.24, 2.45) is 0 Å². The van der Waals surface area contributed by atoms with Gasteiger partial charge in [0.15, 0.2) is 5.69 Å². The molecular weight excluding hydrogens is 310 g/mol. The van der Waals surface area contributed by atoms with Gasteiger partial charge in [-0.1, -0.05) is 23.7 Å². The van der Waals surface area contributed by atoms with Crippen LogP contribution < -0.4 is 0 Å². The van der Waals surface area contributed by atoms with Gasteiger partial charge in [-0.25, -0.2) is 0 Å². The van der Waals surface area contributed by atoms with Crippen LogP contribution in [-0.4, -0.2) is 38.7 Å². The minimum Gasteiger partial charge on any atom is -0.370 e. The van der Waals surface area contributed by atoms with E-state index in [2.05, 4.69) is 8.75 Å². The van der Waals surface area contributed by atoms with E-state index in [1.54, 1.807) is 4.90 Å². The van der Waals surface area contributed by atoms with Gasteiger partial charge in [0.25, 0.3) is 5.91 Å². The van der Waals surface area contributed by atoms with Crippen molar-refractivity contribution in [2.45, 2.75) is 19.1 Å². The van der Waals surface area contributed by atoms with Crippen LogP contribution in [0.15, 0.2) is 30.5 Å². The van der Waals surface area contributed by atoms with E-state index in [0.717, 1.165) is 17.3 Å². The zero-order valence-corrected chi connectivity index (χ0v) is 13.0. The second-order valence-corrected chi connectivity index (χ2v) is 5.97. The second kappa shape index (κ2) is 6.09. The van der Waals surface area contributed by atoms with Crippen molar-refractivity contribution in [3.8, 4) is 0 Å². The number of ether oxygens (including phenoxy) is 1. The molecule has 1 fully saturated rings. The van der Waals surface area contributed by atoms with Gasteiger partial charge in [-0.3, -0.25) is 4.79 Å². The zero-order valence-electron chi connectivity index (χ0n) is 11.4. The fraction of sp³-hybridized carbons (Fsp3) is 0.357. The fourth-order valence-corrected chi connectivity index (χ4v) is 2.96. The molecule has 0 saturated carbocycles. The van der Waals surface area contributed by atoms with Gasteiger partial charge in [0, 0.05) is 5.02 Å². The average molecular weight is 324 g/mol. The molecule has 0 unspecified atom stereocenters. The summed E-state index contributed by atoms with van der Waals surface area (Å²) in [4.78, 5) is 14.2. The number of halogens is 1. The molecule has 5 nitrogen and oxygen atoms in total. The first-order valence-electron chi connectivity index (χ1n) is 6.61. The maximum atomic E-state index is 12.5. The Morgan fingerprint density at radius 2 is 2.38 bits per heavy atom. The lowest BCUT2D eigenvalue weighted by atomic mass is 10.1. The Morgan fingerprint density at radius 1 is 1.52 bits per heavy atom. The lowest BCUT2D eigenvalue weighted by Crippen LogP contribution is -2.48. The van der Waals surface area contributed by atoms with Crippen LogP contribution in [-0.2, 0) is 4.74 Å². The van der Waals surface area contributed by atoms with E-state index < -0.39 is 0 Å². The van der Waals surface area contributed by atoms with Gasteiger partial charge in [-0.15, -0.1) is 0 Å². The third-order valence-electron chi connectivity index (χ3n) is 3.49. The quantitative estimate of drug-likeness (QED) is 0.852. The van der Waals surface area contributed by atoms with Crippen molar-refractivity contribution in [2.75, 3.05) is 13.2 Å². The van der Waals surface area contributed by atoms with Crippen molar-refractivity contribution < 1.29 is 9.53 Å². The Labute approximate surface area is 131 Å². The summed E-state index contributed by atoms with van der Waals surface area (Å²) in [6.45, 7) is 2.93. The van der Waals surface area contributed by atoms with E-state index in [1.807, 2.05) is 31.2 Å². The molecule has 1 aromatic carbocycles. The first-order valence-corrected chi connectivity index (χ1v) is 7.71. The Kier molecular flexibility index (Phi) is 4.19. The molecule has 0 radical (unpaired) electrons. The van der Waals surface area contributed by atoms with Crippen LogP contribution in [0.5, 0.6) is 0 Å². The highest BCUT2D eigenvalue weighted by Gasteiger charge is 2.32. The lowest BCUT2D eigenvalue weighted by molar-refractivity contribution is -0.0488. The highest BCUT2D eigenvalue weighted by molar-refractivity contribution is 6.99. The van der Waals surface area contributed by atoms with E-state index in [-0.39, 0.29) is 18.1 Å². The molecule has 2 aromatic rings. The molecule has 1 amide bonds. The summed E-state index contributed by atoms with van der Waals surface area (Å²) in [6.07, 6.45) is 1.33. The van der Waals surface area contributed by atoms with Crippen LogP contribution in [0, 0.1) is 0 Å². The summed E-state index contributed by atoms with van der Waals surface area (Å²) in [6, 6.07) is 7.54. The number of amides is 1. The van der Waals surface area contributed by atoms with Crippen molar-refractivity contribution in [1.29, 1.82) is 0 Å². The molecule has 0 N–H and O–H groups in total. The predicted octanol–water partition coefficient (Wildman–Crippen LogP) is 2.79. The minimum absolute atomic E-state index is 0.00892. The molecule has 2 atom stereocenters. The minimum atomic E-state index is -0.171. The molecule has 0 aliphatic carbocycles. The highest BCUT2D eigenvalue weighted by atomic mass is 35.5. The van der Waals surface area contributed by atoms with Gasteiger partial charge in [0.2, 0.25) is 0 Å². The number of hydrogen-bond donors (Lipinski definition) is 0. The van der Waals surface area contributed by atoms with E-state index in [4.69, 9.17) is 16.3 Å². The molecule has 2 heterocycles. The molecular formula is C14H14ClN3O2S. The molecule has 1 aliphatic heterocycles. The molecule has 110 valence electrons. The van der Waals surface area contributed by atoms with Crippen molar-refractivity contribution in [1.82, 2.24) is 13.6 Å². The molecule has 7 heteroatoms. The van der Waals surface area contributed by atoms with Crippen LogP contribution in [0.25, 0.3) is 0 Å². The predicted molar refractivity (Wildman–Crippen MR) is 80.6 cm³/mol. The standard InChI is InChI=1S/C14H14ClN3O2S/c1-9-8-20-13(10-3-2-4-11(15)5-10)7-18(9)14(19)12-6-16-21-17-12/h2-6,9,13H,7-8H2,1H3/t9-,13+/m1/s1. The number of hydrogen-bond acceptors (Lipinski definition) is 5. The van der Waals surface area contributed by atoms with Crippen molar-refractivity contribution >= 4 is 29.2 Å². The van der Waals surface area contributed by atoms with Gasteiger partial charge < -0.3 is 9.64 Å². The Balaban J connectivity index is 1.80. The fourth-order valence-electron chi connectivity index (χ4n) is 2.35. The third kappa shape index (κ3) is 3.07. The summed E-state index contributed by atoms with van der Waals surface area (Å²) in [5.74, 6) is -0.105. The van der Waals surface area contributed by atoms with Gasteiger partial charge in [-0.05, 0) is 24.6 Å². The maximum absolute atomic E-state index is 12.5. The molecule has 1 aromatic heterocycles. The second-order valence-electron chi connectivity index (χ2n) is 4.98. The van der Waals surface area contributed by atoms with E-state index in [1.165, 1.54) is 6.20 Å². The molecule has 21 heavy (non-hydrogen) atoms. The van der Waals surface area contributed by atoms with E-state index in [0.29, 0.717) is 23.9 Å². The summed E-state index contributed by atoms with van der Waals surface area (Å²) < 4.78 is 13.7. The smallest absolute Gasteiger partial charge is 0.275 e. The van der Waals surface area contributed by atoms with Crippen LogP contribution >= 0.6 is 23.3 Å². The van der Waals surface area contributed by atoms with Crippen molar-refractivity contribution in [3.05, 3.63) is 46.7 Å². The summed E-state index contributed by atoms with van der Waals surface area (Å²) >= 11 is 7.06. The van der Waals surface area contributed by atoms with Crippen molar-refractivity contribution in [3.63, 3.8) is 0 Å². The largest absolute Gasteiger partial charge is 0.370 e. The molecule has 1 saturated heterocycles. The van der Waals surface area contributed by atoms with E-state index >= 15 is 0 Å². The lowest BCUT2D eigenvalue weighted by Gasteiger charge is -2.37. The third-order valence-corrected chi connectivity index (χ3v) is 4.21. The van der Waals surface area contributed by atoms with Crippen LogP contribution in [0.3, 0.4) is 0 Å². The number of morpholine rings is 1. The number of aromatic nitrogens is 2. The normalized spacial score (nSPS) is 22.3. The summed E-state index contributed by atoms with van der Waals surface area (Å²) in [5, 5.41) is 0.663. The summed E-state index contributed by atoms with van der Waals surface area (Å²) in [7, 11) is 0. The Morgan fingerprint density at radius 3 is 3.10 bits per heavy atom. The first-order chi connectivity index (χ1) is 10.1. The van der Waals surface area contributed by atoms with Gasteiger partial charge >= 0.3 is 0 Å². The number of nitrogens with zero attached hydrogens (tertiary/aromatic N) is 3. The monoisotopic (exact) mass is 323 g/mol. The summed E-state index contributed by atoms with van der Waals surface area (Å²) in [5.41, 5.74) is 1.36. The Hall–Kier alpha value is -1.50. The van der Waals surface area contributed by atoms with Gasteiger partial charge in [0.1, 0.15) is 6.10 Å².